The van der Waals surface area contributed by atoms with E-state index < -0.39 is 43.0 Å². The summed E-state index contributed by atoms with van der Waals surface area (Å²) in [7, 11) is 0. The van der Waals surface area contributed by atoms with Crippen molar-refractivity contribution in [3.05, 3.63) is 35.0 Å². The Kier molecular flexibility index (Phi) is 4.01. The monoisotopic (exact) mass is 354 g/mol. The Labute approximate surface area is 141 Å². The number of benzene rings is 1. The number of aryl methyl sites for hydroxylation is 2. The first-order chi connectivity index (χ1) is 11.6. The van der Waals surface area contributed by atoms with Crippen LogP contribution in [-0.4, -0.2) is 46.1 Å². The number of nitrogens with zero attached hydrogens (tertiary/aromatic N) is 1. The van der Waals surface area contributed by atoms with Gasteiger partial charge in [-0.2, -0.15) is 13.2 Å². The molecule has 1 aliphatic heterocycles. The lowest BCUT2D eigenvalue weighted by Crippen LogP contribution is -2.34. The Morgan fingerprint density at radius 3 is 2.48 bits per heavy atom. The minimum Gasteiger partial charge on any atom is -0.481 e. The van der Waals surface area contributed by atoms with Crippen molar-refractivity contribution < 1.29 is 27.9 Å². The summed E-state index contributed by atoms with van der Waals surface area (Å²) in [5, 5.41) is 9.91. The molecule has 2 atom stereocenters. The van der Waals surface area contributed by atoms with Gasteiger partial charge in [0, 0.05) is 24.2 Å². The number of amides is 1. The topological polar surface area (TPSA) is 73.4 Å². The van der Waals surface area contributed by atoms with Crippen LogP contribution in [0.15, 0.2) is 18.2 Å². The van der Waals surface area contributed by atoms with Crippen molar-refractivity contribution in [1.82, 2.24) is 9.88 Å². The van der Waals surface area contributed by atoms with Gasteiger partial charge in [-0.05, 0) is 25.5 Å². The molecule has 0 aliphatic carbocycles. The third-order valence-electron chi connectivity index (χ3n) is 4.92. The zero-order valence-corrected chi connectivity index (χ0v) is 13.6. The van der Waals surface area contributed by atoms with E-state index in [0.717, 1.165) is 21.5 Å². The molecule has 1 fully saturated rings. The van der Waals surface area contributed by atoms with E-state index in [2.05, 4.69) is 4.98 Å². The lowest BCUT2D eigenvalue weighted by molar-refractivity contribution is -0.187. The second kappa shape index (κ2) is 5.79. The number of alkyl halides is 3. The lowest BCUT2D eigenvalue weighted by atomic mass is 9.96. The highest BCUT2D eigenvalue weighted by molar-refractivity contribution is 6.07. The van der Waals surface area contributed by atoms with Crippen molar-refractivity contribution >= 4 is 22.8 Å². The molecule has 2 N–H and O–H groups in total. The summed E-state index contributed by atoms with van der Waals surface area (Å²) in [6.45, 7) is 2.64. The Morgan fingerprint density at radius 2 is 1.92 bits per heavy atom. The standard InChI is InChI=1S/C17H17F3N2O3/c1-8-9(2)21-14-10(8)4-3-5-11(14)15(23)22-6-12(16(24)25)13(7-22)17(18,19)20/h3-5,12-13,21H,6-7H2,1-2H3,(H,24,25)/t12-,13-/m1/s1. The minimum atomic E-state index is -4.66. The van der Waals surface area contributed by atoms with E-state index in [1.807, 2.05) is 19.9 Å². The van der Waals surface area contributed by atoms with Gasteiger partial charge in [0.2, 0.25) is 0 Å². The number of carboxylic acids is 1. The minimum absolute atomic E-state index is 0.251. The van der Waals surface area contributed by atoms with E-state index in [9.17, 15) is 22.8 Å². The van der Waals surface area contributed by atoms with Crippen molar-refractivity contribution in [2.75, 3.05) is 13.1 Å². The van der Waals surface area contributed by atoms with Crippen LogP contribution >= 0.6 is 0 Å². The zero-order chi connectivity index (χ0) is 18.5. The van der Waals surface area contributed by atoms with Crippen LogP contribution < -0.4 is 0 Å². The van der Waals surface area contributed by atoms with Gasteiger partial charge in [0.15, 0.2) is 0 Å². The van der Waals surface area contributed by atoms with Gasteiger partial charge in [-0.3, -0.25) is 9.59 Å². The van der Waals surface area contributed by atoms with Crippen LogP contribution in [-0.2, 0) is 4.79 Å². The van der Waals surface area contributed by atoms with E-state index in [-0.39, 0.29) is 5.56 Å². The van der Waals surface area contributed by atoms with Crippen molar-refractivity contribution in [2.45, 2.75) is 20.0 Å². The Bertz CT molecular complexity index is 857. The number of hydrogen-bond donors (Lipinski definition) is 2. The lowest BCUT2D eigenvalue weighted by Gasteiger charge is -2.18. The molecule has 2 heterocycles. The summed E-state index contributed by atoms with van der Waals surface area (Å²) in [6, 6.07) is 5.03. The van der Waals surface area contributed by atoms with Gasteiger partial charge in [-0.15, -0.1) is 0 Å². The van der Waals surface area contributed by atoms with Gasteiger partial charge in [-0.25, -0.2) is 0 Å². The molecule has 3 rings (SSSR count). The first kappa shape index (κ1) is 17.3. The van der Waals surface area contributed by atoms with E-state index in [1.165, 1.54) is 6.07 Å². The molecule has 25 heavy (non-hydrogen) atoms. The highest BCUT2D eigenvalue weighted by Gasteiger charge is 2.53. The van der Waals surface area contributed by atoms with Gasteiger partial charge in [-0.1, -0.05) is 12.1 Å². The summed E-state index contributed by atoms with van der Waals surface area (Å²) < 4.78 is 39.3. The summed E-state index contributed by atoms with van der Waals surface area (Å²) in [4.78, 5) is 28.0. The molecule has 1 saturated heterocycles. The quantitative estimate of drug-likeness (QED) is 0.870. The number of carbonyl (C=O) groups excluding carboxylic acids is 1. The molecule has 0 unspecified atom stereocenters. The fourth-order valence-corrected chi connectivity index (χ4v) is 3.38. The number of para-hydroxylation sites is 1. The van der Waals surface area contributed by atoms with Crippen molar-refractivity contribution in [2.24, 2.45) is 11.8 Å². The van der Waals surface area contributed by atoms with E-state index >= 15 is 0 Å². The number of H-pyrrole nitrogens is 1. The summed E-state index contributed by atoms with van der Waals surface area (Å²) in [5.41, 5.74) is 2.64. The highest BCUT2D eigenvalue weighted by Crippen LogP contribution is 2.38. The molecule has 1 amide bonds. The molecule has 1 aromatic heterocycles. The van der Waals surface area contributed by atoms with E-state index in [0.29, 0.717) is 5.52 Å². The van der Waals surface area contributed by atoms with E-state index in [1.54, 1.807) is 6.07 Å². The Balaban J connectivity index is 1.97. The van der Waals surface area contributed by atoms with Crippen molar-refractivity contribution in [3.8, 4) is 0 Å². The van der Waals surface area contributed by atoms with Gasteiger partial charge in [0.05, 0.1) is 22.9 Å². The van der Waals surface area contributed by atoms with Crippen LogP contribution in [0.1, 0.15) is 21.6 Å². The number of hydrogen-bond acceptors (Lipinski definition) is 2. The number of aromatic amines is 1. The number of rotatable bonds is 2. The van der Waals surface area contributed by atoms with Crippen LogP contribution in [0.4, 0.5) is 13.2 Å². The molecule has 2 aromatic rings. The van der Waals surface area contributed by atoms with Gasteiger partial charge >= 0.3 is 12.1 Å². The molecule has 0 bridgehead atoms. The van der Waals surface area contributed by atoms with E-state index in [4.69, 9.17) is 5.11 Å². The molecule has 8 heteroatoms. The Hall–Kier alpha value is -2.51. The maximum absolute atomic E-state index is 13.1. The number of carbonyl (C=O) groups is 2. The third kappa shape index (κ3) is 2.85. The summed E-state index contributed by atoms with van der Waals surface area (Å²) in [6.07, 6.45) is -4.66. The van der Waals surface area contributed by atoms with Gasteiger partial charge < -0.3 is 15.0 Å². The molecule has 0 spiro atoms. The summed E-state index contributed by atoms with van der Waals surface area (Å²) in [5.74, 6) is -5.83. The molecule has 1 aliphatic rings. The number of likely N-dealkylation sites (tertiary alicyclic amines) is 1. The fourth-order valence-electron chi connectivity index (χ4n) is 3.38. The predicted octanol–water partition coefficient (Wildman–Crippen LogP) is 3.12. The number of halogens is 3. The molecule has 5 nitrogen and oxygen atoms in total. The smallest absolute Gasteiger partial charge is 0.394 e. The van der Waals surface area contributed by atoms with Crippen molar-refractivity contribution in [3.63, 3.8) is 0 Å². The number of nitrogens with one attached hydrogen (secondary N) is 1. The van der Waals surface area contributed by atoms with Gasteiger partial charge in [0.1, 0.15) is 0 Å². The molecular weight excluding hydrogens is 337 g/mol. The largest absolute Gasteiger partial charge is 0.481 e. The first-order valence-corrected chi connectivity index (χ1v) is 7.78. The van der Waals surface area contributed by atoms with Gasteiger partial charge in [0.25, 0.3) is 5.91 Å². The average molecular weight is 354 g/mol. The SMILES string of the molecule is Cc1[nH]c2c(C(=O)N3C[C@@H](C(F)(F)F)[C@H](C(=O)O)C3)cccc2c1C. The molecule has 0 saturated carbocycles. The van der Waals surface area contributed by atoms with Crippen LogP contribution in [0, 0.1) is 25.7 Å². The molecule has 134 valence electrons. The average Bonchev–Trinajstić information content (AvgIpc) is 3.09. The number of fused-ring (bicyclic) bond motifs is 1. The normalized spacial score (nSPS) is 21.1. The predicted molar refractivity (Wildman–Crippen MR) is 84.3 cm³/mol. The maximum atomic E-state index is 13.1. The maximum Gasteiger partial charge on any atom is 0.394 e. The number of carboxylic acid groups (broad SMARTS) is 1. The molecule has 1 aromatic carbocycles. The summed E-state index contributed by atoms with van der Waals surface area (Å²) >= 11 is 0. The highest BCUT2D eigenvalue weighted by atomic mass is 19.4. The second-order valence-corrected chi connectivity index (χ2v) is 6.41. The first-order valence-electron chi connectivity index (χ1n) is 7.78. The van der Waals surface area contributed by atoms with Crippen LogP contribution in [0.25, 0.3) is 10.9 Å². The zero-order valence-electron chi connectivity index (χ0n) is 13.6. The number of aliphatic carboxylic acids is 1. The van der Waals surface area contributed by atoms with Crippen LogP contribution in [0.3, 0.4) is 0 Å². The van der Waals surface area contributed by atoms with Crippen LogP contribution in [0.2, 0.25) is 0 Å². The molecular formula is C17H17F3N2O3. The van der Waals surface area contributed by atoms with Crippen molar-refractivity contribution in [1.29, 1.82) is 0 Å². The molecule has 0 radical (unpaired) electrons. The fraction of sp³-hybridized carbons (Fsp3) is 0.412. The third-order valence-corrected chi connectivity index (χ3v) is 4.92. The van der Waals surface area contributed by atoms with Crippen LogP contribution in [0.5, 0.6) is 0 Å². The second-order valence-electron chi connectivity index (χ2n) is 6.41. The number of aromatic nitrogens is 1. The Morgan fingerprint density at radius 1 is 1.24 bits per heavy atom.